The number of carbonyl (C=O) groups excluding carboxylic acids is 1. The van der Waals surface area contributed by atoms with Crippen LogP contribution in [0.4, 0.5) is 0 Å². The van der Waals surface area contributed by atoms with E-state index < -0.39 is 0 Å². The molecule has 2 unspecified atom stereocenters. The average molecular weight is 292 g/mol. The largest absolute Gasteiger partial charge is 0.389 e. The van der Waals surface area contributed by atoms with E-state index in [2.05, 4.69) is 6.92 Å². The summed E-state index contributed by atoms with van der Waals surface area (Å²) in [6.45, 7) is 5.26. The van der Waals surface area contributed by atoms with Crippen LogP contribution in [-0.4, -0.2) is 41.1 Å². The maximum Gasteiger partial charge on any atom is 0.254 e. The Kier molecular flexibility index (Phi) is 4.73. The minimum atomic E-state index is 0.0186. The molecule has 0 aliphatic carbocycles. The van der Waals surface area contributed by atoms with E-state index in [1.807, 2.05) is 24.0 Å². The SMILES string of the molecule is CCC1COC(C)CN1C(=O)c1cccc(C(N)=S)c1. The summed E-state index contributed by atoms with van der Waals surface area (Å²) in [6, 6.07) is 7.33. The molecule has 1 aromatic carbocycles. The van der Waals surface area contributed by atoms with Crippen molar-refractivity contribution in [2.45, 2.75) is 32.4 Å². The molecule has 1 heterocycles. The zero-order valence-corrected chi connectivity index (χ0v) is 12.7. The minimum absolute atomic E-state index is 0.0186. The van der Waals surface area contributed by atoms with Crippen molar-refractivity contribution >= 4 is 23.1 Å². The lowest BCUT2D eigenvalue weighted by Crippen LogP contribution is -2.51. The van der Waals surface area contributed by atoms with E-state index in [9.17, 15) is 4.79 Å². The molecule has 0 spiro atoms. The summed E-state index contributed by atoms with van der Waals surface area (Å²) in [4.78, 5) is 14.9. The second kappa shape index (κ2) is 6.33. The van der Waals surface area contributed by atoms with E-state index in [1.54, 1.807) is 12.1 Å². The van der Waals surface area contributed by atoms with E-state index >= 15 is 0 Å². The molecule has 108 valence electrons. The molecular formula is C15H20N2O2S. The first kappa shape index (κ1) is 14.9. The van der Waals surface area contributed by atoms with Crippen molar-refractivity contribution in [2.75, 3.05) is 13.2 Å². The second-order valence-corrected chi connectivity index (χ2v) is 5.55. The van der Waals surface area contributed by atoms with E-state index in [4.69, 9.17) is 22.7 Å². The van der Waals surface area contributed by atoms with Crippen molar-refractivity contribution in [3.63, 3.8) is 0 Å². The third-order valence-corrected chi connectivity index (χ3v) is 3.83. The molecule has 1 saturated heterocycles. The summed E-state index contributed by atoms with van der Waals surface area (Å²) in [5.41, 5.74) is 6.97. The number of ether oxygens (including phenoxy) is 1. The minimum Gasteiger partial charge on any atom is -0.389 e. The standard InChI is InChI=1S/C15H20N2O2S/c1-3-13-9-19-10(2)8-17(13)15(18)12-6-4-5-11(7-12)14(16)20/h4-7,10,13H,3,8-9H2,1-2H3,(H2,16,20). The van der Waals surface area contributed by atoms with Gasteiger partial charge in [-0.2, -0.15) is 0 Å². The van der Waals surface area contributed by atoms with Crippen LogP contribution < -0.4 is 5.73 Å². The van der Waals surface area contributed by atoms with Crippen LogP contribution in [0.2, 0.25) is 0 Å². The van der Waals surface area contributed by atoms with Crippen molar-refractivity contribution in [1.29, 1.82) is 0 Å². The van der Waals surface area contributed by atoms with Gasteiger partial charge in [0.25, 0.3) is 5.91 Å². The topological polar surface area (TPSA) is 55.6 Å². The number of nitrogens with zero attached hydrogens (tertiary/aromatic N) is 1. The molecular weight excluding hydrogens is 272 g/mol. The highest BCUT2D eigenvalue weighted by atomic mass is 32.1. The Morgan fingerprint density at radius 3 is 2.85 bits per heavy atom. The molecule has 0 bridgehead atoms. The first-order chi connectivity index (χ1) is 9.52. The summed E-state index contributed by atoms with van der Waals surface area (Å²) in [5, 5.41) is 0. The number of thiocarbonyl (C=S) groups is 1. The van der Waals surface area contributed by atoms with Crippen LogP contribution in [-0.2, 0) is 4.74 Å². The molecule has 1 fully saturated rings. The first-order valence-corrected chi connectivity index (χ1v) is 7.26. The number of morpholine rings is 1. The fourth-order valence-corrected chi connectivity index (χ4v) is 2.53. The van der Waals surface area contributed by atoms with Crippen molar-refractivity contribution in [2.24, 2.45) is 5.73 Å². The Morgan fingerprint density at radius 2 is 2.20 bits per heavy atom. The predicted molar refractivity (Wildman–Crippen MR) is 82.9 cm³/mol. The fourth-order valence-electron chi connectivity index (χ4n) is 2.40. The van der Waals surface area contributed by atoms with Gasteiger partial charge in [0.15, 0.2) is 0 Å². The number of rotatable bonds is 3. The predicted octanol–water partition coefficient (Wildman–Crippen LogP) is 1.96. The van der Waals surface area contributed by atoms with E-state index in [-0.39, 0.29) is 18.1 Å². The molecule has 2 rings (SSSR count). The van der Waals surface area contributed by atoms with Crippen molar-refractivity contribution in [1.82, 2.24) is 4.90 Å². The Hall–Kier alpha value is -1.46. The highest BCUT2D eigenvalue weighted by Crippen LogP contribution is 2.18. The monoisotopic (exact) mass is 292 g/mol. The van der Waals surface area contributed by atoms with Crippen molar-refractivity contribution < 1.29 is 9.53 Å². The fraction of sp³-hybridized carbons (Fsp3) is 0.467. The molecule has 4 nitrogen and oxygen atoms in total. The Balaban J connectivity index is 2.24. The van der Waals surface area contributed by atoms with Gasteiger partial charge in [-0.25, -0.2) is 0 Å². The number of hydrogen-bond donors (Lipinski definition) is 1. The molecule has 0 saturated carbocycles. The van der Waals surface area contributed by atoms with Gasteiger partial charge < -0.3 is 15.4 Å². The zero-order chi connectivity index (χ0) is 14.7. The second-order valence-electron chi connectivity index (χ2n) is 5.11. The molecule has 0 radical (unpaired) electrons. The van der Waals surface area contributed by atoms with Crippen molar-refractivity contribution in [3.8, 4) is 0 Å². The summed E-state index contributed by atoms with van der Waals surface area (Å²) in [7, 11) is 0. The van der Waals surface area contributed by atoms with Gasteiger partial charge in [-0.1, -0.05) is 31.3 Å². The van der Waals surface area contributed by atoms with Gasteiger partial charge in [0.1, 0.15) is 4.99 Å². The third-order valence-electron chi connectivity index (χ3n) is 3.59. The quantitative estimate of drug-likeness (QED) is 0.865. The normalized spacial score (nSPS) is 22.6. The Labute approximate surface area is 124 Å². The van der Waals surface area contributed by atoms with E-state index in [1.165, 1.54) is 0 Å². The van der Waals surface area contributed by atoms with Gasteiger partial charge in [-0.05, 0) is 25.5 Å². The van der Waals surface area contributed by atoms with Gasteiger partial charge in [-0.15, -0.1) is 0 Å². The number of benzene rings is 1. The Bertz CT molecular complexity index is 518. The molecule has 1 amide bonds. The maximum atomic E-state index is 12.7. The van der Waals surface area contributed by atoms with E-state index in [0.29, 0.717) is 23.7 Å². The molecule has 2 N–H and O–H groups in total. The number of amides is 1. The maximum absolute atomic E-state index is 12.7. The van der Waals surface area contributed by atoms with Crippen LogP contribution in [0.25, 0.3) is 0 Å². The molecule has 1 aromatic rings. The molecule has 20 heavy (non-hydrogen) atoms. The lowest BCUT2D eigenvalue weighted by Gasteiger charge is -2.38. The van der Waals surface area contributed by atoms with Gasteiger partial charge in [0.05, 0.1) is 18.8 Å². The van der Waals surface area contributed by atoms with Gasteiger partial charge in [0, 0.05) is 17.7 Å². The summed E-state index contributed by atoms with van der Waals surface area (Å²) in [5.74, 6) is 0.0186. The number of carbonyl (C=O) groups is 1. The van der Waals surface area contributed by atoms with Gasteiger partial charge >= 0.3 is 0 Å². The summed E-state index contributed by atoms with van der Waals surface area (Å²) >= 11 is 4.96. The molecule has 5 heteroatoms. The molecule has 0 aromatic heterocycles. The highest BCUT2D eigenvalue weighted by molar-refractivity contribution is 7.80. The van der Waals surface area contributed by atoms with Crippen LogP contribution in [0.1, 0.15) is 36.2 Å². The van der Waals surface area contributed by atoms with Crippen LogP contribution in [0.5, 0.6) is 0 Å². The van der Waals surface area contributed by atoms with Crippen LogP contribution in [0, 0.1) is 0 Å². The molecule has 1 aliphatic rings. The smallest absolute Gasteiger partial charge is 0.254 e. The Morgan fingerprint density at radius 1 is 1.50 bits per heavy atom. The van der Waals surface area contributed by atoms with E-state index in [0.717, 1.165) is 12.0 Å². The number of hydrogen-bond acceptors (Lipinski definition) is 3. The lowest BCUT2D eigenvalue weighted by atomic mass is 10.1. The average Bonchev–Trinajstić information content (AvgIpc) is 2.46. The zero-order valence-electron chi connectivity index (χ0n) is 11.8. The highest BCUT2D eigenvalue weighted by Gasteiger charge is 2.30. The van der Waals surface area contributed by atoms with Crippen molar-refractivity contribution in [3.05, 3.63) is 35.4 Å². The summed E-state index contributed by atoms with van der Waals surface area (Å²) < 4.78 is 5.62. The molecule has 2 atom stereocenters. The first-order valence-electron chi connectivity index (χ1n) is 6.85. The van der Waals surface area contributed by atoms with Crippen LogP contribution in [0.3, 0.4) is 0 Å². The third kappa shape index (κ3) is 3.16. The van der Waals surface area contributed by atoms with Gasteiger partial charge in [0.2, 0.25) is 0 Å². The van der Waals surface area contributed by atoms with Crippen LogP contribution >= 0.6 is 12.2 Å². The lowest BCUT2D eigenvalue weighted by molar-refractivity contribution is -0.0444. The van der Waals surface area contributed by atoms with Crippen LogP contribution in [0.15, 0.2) is 24.3 Å². The summed E-state index contributed by atoms with van der Waals surface area (Å²) in [6.07, 6.45) is 0.952. The molecule has 1 aliphatic heterocycles. The van der Waals surface area contributed by atoms with Gasteiger partial charge in [-0.3, -0.25) is 4.79 Å². The number of nitrogens with two attached hydrogens (primary N) is 1.